The molecule has 2 aromatic heterocycles. The Kier molecular flexibility index (Phi) is 10.8. The zero-order chi connectivity index (χ0) is 31.4. The number of aliphatic hydroxyl groups is 1. The van der Waals surface area contributed by atoms with Gasteiger partial charge in [0.15, 0.2) is 9.84 Å². The van der Waals surface area contributed by atoms with Gasteiger partial charge < -0.3 is 29.5 Å². The van der Waals surface area contributed by atoms with Crippen LogP contribution in [0.2, 0.25) is 5.02 Å². The van der Waals surface area contributed by atoms with Crippen LogP contribution in [0.25, 0.3) is 33.1 Å². The minimum absolute atomic E-state index is 0.174. The minimum atomic E-state index is -4.64. The van der Waals surface area contributed by atoms with Gasteiger partial charge in [-0.2, -0.15) is 0 Å². The van der Waals surface area contributed by atoms with Gasteiger partial charge in [0.05, 0.1) is 40.4 Å². The highest BCUT2D eigenvalue weighted by Crippen LogP contribution is 2.41. The molecule has 0 saturated heterocycles. The molecule has 1 aliphatic carbocycles. The zero-order valence-corrected chi connectivity index (χ0v) is 25.2. The normalized spacial score (nSPS) is 14.0. The van der Waals surface area contributed by atoms with Gasteiger partial charge in [-0.15, -0.1) is 0 Å². The smallest absolute Gasteiger partial charge is 0.466 e. The fraction of sp³-hybridized carbons (Fsp3) is 0.370. The Hall–Kier alpha value is -2.68. The molecular weight excluding hydrogens is 631 g/mol. The van der Waals surface area contributed by atoms with Gasteiger partial charge in [0, 0.05) is 30.1 Å². The molecular formula is C27H31ClF2N3O8PS. The summed E-state index contributed by atoms with van der Waals surface area (Å²) in [5.41, 5.74) is 2.84. The number of nitrogens with one attached hydrogen (secondary N) is 1. The van der Waals surface area contributed by atoms with Crippen molar-refractivity contribution >= 4 is 51.2 Å². The summed E-state index contributed by atoms with van der Waals surface area (Å²) in [4.78, 5) is 31.1. The topological polar surface area (TPSA) is 173 Å². The van der Waals surface area contributed by atoms with Crippen molar-refractivity contribution in [3.05, 3.63) is 53.7 Å². The van der Waals surface area contributed by atoms with Crippen molar-refractivity contribution < 1.29 is 46.3 Å². The van der Waals surface area contributed by atoms with Gasteiger partial charge in [-0.05, 0) is 60.7 Å². The molecule has 1 saturated carbocycles. The van der Waals surface area contributed by atoms with Gasteiger partial charge in [0.1, 0.15) is 11.4 Å². The molecule has 1 fully saturated rings. The van der Waals surface area contributed by atoms with Crippen molar-refractivity contribution in [1.29, 1.82) is 0 Å². The summed E-state index contributed by atoms with van der Waals surface area (Å²) in [6.45, 7) is 0.219. The van der Waals surface area contributed by atoms with E-state index in [-0.39, 0.29) is 25.0 Å². The lowest BCUT2D eigenvalue weighted by Crippen LogP contribution is -2.33. The highest BCUT2D eigenvalue weighted by molar-refractivity contribution is 7.92. The largest absolute Gasteiger partial charge is 0.491 e. The maximum absolute atomic E-state index is 12.9. The van der Waals surface area contributed by atoms with Crippen LogP contribution >= 0.6 is 19.4 Å². The number of sulfone groups is 1. The van der Waals surface area contributed by atoms with Gasteiger partial charge in [0.25, 0.3) is 6.43 Å². The molecule has 16 heteroatoms. The van der Waals surface area contributed by atoms with Crippen LogP contribution in [0.4, 0.5) is 8.78 Å². The first-order valence-electron chi connectivity index (χ1n) is 13.2. The second kappa shape index (κ2) is 14.0. The van der Waals surface area contributed by atoms with Crippen LogP contribution in [-0.4, -0.2) is 87.6 Å². The Morgan fingerprint density at radius 3 is 2.51 bits per heavy atom. The molecule has 11 nitrogen and oxygen atoms in total. The Balaban J connectivity index is 0.000000782. The lowest BCUT2D eigenvalue weighted by Gasteiger charge is -2.20. The van der Waals surface area contributed by atoms with Crippen molar-refractivity contribution in [2.45, 2.75) is 35.8 Å². The maximum Gasteiger partial charge on any atom is 0.466 e. The molecule has 5 N–H and O–H groups in total. The fourth-order valence-electron chi connectivity index (χ4n) is 4.71. The highest BCUT2D eigenvalue weighted by Gasteiger charge is 2.37. The van der Waals surface area contributed by atoms with E-state index in [4.69, 9.17) is 40.7 Å². The lowest BCUT2D eigenvalue weighted by molar-refractivity contribution is 0.0754. The van der Waals surface area contributed by atoms with Crippen LogP contribution in [0.1, 0.15) is 19.3 Å². The molecule has 4 aromatic rings. The Labute approximate surface area is 251 Å². The number of pyridine rings is 1. The highest BCUT2D eigenvalue weighted by atomic mass is 35.5. The van der Waals surface area contributed by atoms with Crippen LogP contribution in [0.3, 0.4) is 0 Å². The summed E-state index contributed by atoms with van der Waals surface area (Å²) in [7, 11) is -8.00. The predicted octanol–water partition coefficient (Wildman–Crippen LogP) is 4.37. The molecule has 0 unspecified atom stereocenters. The van der Waals surface area contributed by atoms with Crippen LogP contribution in [-0.2, 0) is 14.4 Å². The number of halogens is 3. The Bertz CT molecular complexity index is 1720. The number of nitrogens with zero attached hydrogens (tertiary/aromatic N) is 2. The van der Waals surface area contributed by atoms with Crippen molar-refractivity contribution in [2.75, 3.05) is 32.8 Å². The zero-order valence-electron chi connectivity index (χ0n) is 22.7. The molecule has 43 heavy (non-hydrogen) atoms. The molecule has 2 heterocycles. The maximum atomic E-state index is 12.9. The Morgan fingerprint density at radius 2 is 1.86 bits per heavy atom. The van der Waals surface area contributed by atoms with Gasteiger partial charge in [0.2, 0.25) is 0 Å². The SMILES string of the molecule is O=P(O)(O)O.O=S(=O)(c1cccc(-c2ccc(OCCCN(CCO)CC(F)F)c3[nH]c4ncc(Cl)cc4c23)c1)C1CC1. The van der Waals surface area contributed by atoms with Crippen molar-refractivity contribution in [3.63, 3.8) is 0 Å². The van der Waals surface area contributed by atoms with Gasteiger partial charge in [-0.1, -0.05) is 23.7 Å². The van der Waals surface area contributed by atoms with E-state index >= 15 is 0 Å². The number of benzene rings is 2. The van der Waals surface area contributed by atoms with E-state index in [2.05, 4.69) is 9.97 Å². The number of aromatic amines is 1. The van der Waals surface area contributed by atoms with Crippen molar-refractivity contribution in [3.8, 4) is 16.9 Å². The summed E-state index contributed by atoms with van der Waals surface area (Å²) in [5.74, 6) is 0.558. The summed E-state index contributed by atoms with van der Waals surface area (Å²) in [5, 5.41) is 10.9. The predicted molar refractivity (Wildman–Crippen MR) is 158 cm³/mol. The molecule has 0 aliphatic heterocycles. The first-order valence-corrected chi connectivity index (χ1v) is 16.7. The van der Waals surface area contributed by atoms with E-state index in [0.717, 1.165) is 21.9 Å². The Morgan fingerprint density at radius 1 is 1.14 bits per heavy atom. The molecule has 2 aromatic carbocycles. The molecule has 0 radical (unpaired) electrons. The number of rotatable bonds is 12. The molecule has 0 amide bonds. The number of ether oxygens (including phenoxy) is 1. The summed E-state index contributed by atoms with van der Waals surface area (Å²) >= 11 is 6.27. The third kappa shape index (κ3) is 8.93. The van der Waals surface area contributed by atoms with E-state index < -0.39 is 30.6 Å². The van der Waals surface area contributed by atoms with Crippen LogP contribution in [0.5, 0.6) is 5.75 Å². The van der Waals surface area contributed by atoms with Gasteiger partial charge in [-0.25, -0.2) is 26.7 Å². The molecule has 234 valence electrons. The summed E-state index contributed by atoms with van der Waals surface area (Å²) in [6, 6.07) is 12.4. The quantitative estimate of drug-likeness (QED) is 0.108. The number of hydrogen-bond acceptors (Lipinski definition) is 7. The number of fused-ring (bicyclic) bond motifs is 3. The second-order valence-corrected chi connectivity index (χ2v) is 13.6. The van der Waals surface area contributed by atoms with E-state index in [1.54, 1.807) is 36.5 Å². The van der Waals surface area contributed by atoms with Gasteiger partial charge >= 0.3 is 7.82 Å². The van der Waals surface area contributed by atoms with Crippen LogP contribution in [0, 0.1) is 0 Å². The van der Waals surface area contributed by atoms with Crippen LogP contribution < -0.4 is 4.74 Å². The summed E-state index contributed by atoms with van der Waals surface area (Å²) < 4.78 is 66.3. The molecule has 1 aliphatic rings. The first kappa shape index (κ1) is 33.2. The third-order valence-corrected chi connectivity index (χ3v) is 9.13. The second-order valence-electron chi connectivity index (χ2n) is 9.94. The number of phosphoric acid groups is 1. The molecule has 0 atom stereocenters. The average molecular weight is 662 g/mol. The van der Waals surface area contributed by atoms with Gasteiger partial charge in [-0.3, -0.25) is 4.90 Å². The van der Waals surface area contributed by atoms with E-state index in [0.29, 0.717) is 52.6 Å². The van der Waals surface area contributed by atoms with E-state index in [1.165, 1.54) is 4.90 Å². The minimum Gasteiger partial charge on any atom is -0.491 e. The van der Waals surface area contributed by atoms with Crippen molar-refractivity contribution in [1.82, 2.24) is 14.9 Å². The molecule has 5 rings (SSSR count). The standard InChI is InChI=1S/C27H28ClF2N3O4S.H3O4P/c28-18-14-22-25-21(17-3-1-4-20(13-17)38(35,36)19-5-6-19)7-8-23(26(25)32-27(22)31-15-18)37-12-2-9-33(10-11-34)16-24(29)30;1-5(2,3)4/h1,3-4,7-8,13-15,19,24,34H,2,5-6,9-12,16H2,(H,31,32);(H3,1,2,3,4). The number of aromatic nitrogens is 2. The number of aliphatic hydroxyl groups excluding tert-OH is 1. The molecule has 0 spiro atoms. The van der Waals surface area contributed by atoms with E-state index in [1.807, 2.05) is 12.1 Å². The molecule has 0 bridgehead atoms. The summed E-state index contributed by atoms with van der Waals surface area (Å²) in [6.07, 6.45) is 0.936. The van der Waals surface area contributed by atoms with Crippen molar-refractivity contribution in [2.24, 2.45) is 0 Å². The first-order chi connectivity index (χ1) is 20.3. The monoisotopic (exact) mass is 661 g/mol. The van der Waals surface area contributed by atoms with E-state index in [9.17, 15) is 17.2 Å². The number of H-pyrrole nitrogens is 1. The van der Waals surface area contributed by atoms with Crippen LogP contribution in [0.15, 0.2) is 53.6 Å². The number of alkyl halides is 2. The lowest BCUT2D eigenvalue weighted by atomic mass is 9.99. The number of hydrogen-bond donors (Lipinski definition) is 5. The third-order valence-electron chi connectivity index (χ3n) is 6.66. The fourth-order valence-corrected chi connectivity index (χ4v) is 6.57. The average Bonchev–Trinajstić information content (AvgIpc) is 3.72.